The molecule has 0 saturated carbocycles. The molecule has 0 aliphatic carbocycles. The van der Waals surface area contributed by atoms with Gasteiger partial charge in [0.15, 0.2) is 0 Å². The SMILES string of the molecule is O=C(O)CCCOc1c(Br)cc(/C=C2\SC(=O)NC2=O)c2ccccc12. The minimum absolute atomic E-state index is 0.0418. The lowest BCUT2D eigenvalue weighted by Crippen LogP contribution is -2.17. The van der Waals surface area contributed by atoms with Crippen LogP contribution in [0.4, 0.5) is 4.79 Å². The Bertz CT molecular complexity index is 941. The van der Waals surface area contributed by atoms with E-state index in [1.807, 2.05) is 30.3 Å². The largest absolute Gasteiger partial charge is 0.492 e. The van der Waals surface area contributed by atoms with Gasteiger partial charge in [0.05, 0.1) is 16.0 Å². The predicted octanol–water partition coefficient (Wildman–Crippen LogP) is 4.17. The maximum atomic E-state index is 11.8. The molecule has 0 spiro atoms. The van der Waals surface area contributed by atoms with E-state index in [2.05, 4.69) is 21.2 Å². The molecule has 1 fully saturated rings. The van der Waals surface area contributed by atoms with Crippen molar-refractivity contribution in [1.29, 1.82) is 0 Å². The smallest absolute Gasteiger partial charge is 0.303 e. The Morgan fingerprint density at radius 1 is 1.27 bits per heavy atom. The van der Waals surface area contributed by atoms with Gasteiger partial charge in [-0.3, -0.25) is 19.7 Å². The molecule has 1 aliphatic heterocycles. The van der Waals surface area contributed by atoms with Crippen LogP contribution in [-0.2, 0) is 9.59 Å². The summed E-state index contributed by atoms with van der Waals surface area (Å²) < 4.78 is 6.48. The first kappa shape index (κ1) is 18.5. The van der Waals surface area contributed by atoms with Crippen molar-refractivity contribution in [2.45, 2.75) is 12.8 Å². The third kappa shape index (κ3) is 4.08. The molecule has 3 rings (SSSR count). The Labute approximate surface area is 161 Å². The third-order valence-electron chi connectivity index (χ3n) is 3.69. The highest BCUT2D eigenvalue weighted by molar-refractivity contribution is 9.10. The number of thioether (sulfide) groups is 1. The molecule has 1 aliphatic rings. The van der Waals surface area contributed by atoms with Gasteiger partial charge in [0.25, 0.3) is 11.1 Å². The van der Waals surface area contributed by atoms with Crippen LogP contribution in [0.15, 0.2) is 39.7 Å². The maximum absolute atomic E-state index is 11.8. The highest BCUT2D eigenvalue weighted by Gasteiger charge is 2.25. The molecule has 2 amide bonds. The minimum atomic E-state index is -0.860. The monoisotopic (exact) mass is 435 g/mol. The number of hydrogen-bond acceptors (Lipinski definition) is 5. The lowest BCUT2D eigenvalue weighted by Gasteiger charge is -2.13. The van der Waals surface area contributed by atoms with Crippen molar-refractivity contribution in [3.63, 3.8) is 0 Å². The zero-order valence-corrected chi connectivity index (χ0v) is 15.9. The van der Waals surface area contributed by atoms with Gasteiger partial charge in [-0.1, -0.05) is 24.3 Å². The summed E-state index contributed by atoms with van der Waals surface area (Å²) in [4.78, 5) is 34.1. The van der Waals surface area contributed by atoms with Crippen LogP contribution in [0.5, 0.6) is 5.75 Å². The second-order valence-corrected chi connectivity index (χ2v) is 7.39. The molecule has 2 N–H and O–H groups in total. The van der Waals surface area contributed by atoms with Gasteiger partial charge in [0, 0.05) is 11.8 Å². The fourth-order valence-electron chi connectivity index (χ4n) is 2.57. The van der Waals surface area contributed by atoms with Crippen LogP contribution in [-0.4, -0.2) is 28.8 Å². The highest BCUT2D eigenvalue weighted by Crippen LogP contribution is 2.38. The lowest BCUT2D eigenvalue weighted by atomic mass is 10.0. The number of ether oxygens (including phenoxy) is 1. The van der Waals surface area contributed by atoms with E-state index >= 15 is 0 Å². The normalized spacial score (nSPS) is 15.5. The minimum Gasteiger partial charge on any atom is -0.492 e. The number of carboxylic acids is 1. The Morgan fingerprint density at radius 3 is 2.65 bits per heavy atom. The maximum Gasteiger partial charge on any atom is 0.303 e. The number of fused-ring (bicyclic) bond motifs is 1. The van der Waals surface area contributed by atoms with E-state index in [1.54, 1.807) is 6.08 Å². The Balaban J connectivity index is 1.96. The summed E-state index contributed by atoms with van der Waals surface area (Å²) >= 11 is 4.35. The zero-order valence-electron chi connectivity index (χ0n) is 13.5. The van der Waals surface area contributed by atoms with Crippen molar-refractivity contribution in [3.8, 4) is 5.75 Å². The van der Waals surface area contributed by atoms with Gasteiger partial charge in [-0.05, 0) is 57.2 Å². The lowest BCUT2D eigenvalue weighted by molar-refractivity contribution is -0.137. The summed E-state index contributed by atoms with van der Waals surface area (Å²) in [6, 6.07) is 9.35. The van der Waals surface area contributed by atoms with Crippen molar-refractivity contribution in [2.24, 2.45) is 0 Å². The molecule has 0 bridgehead atoms. The molecular weight excluding hydrogens is 422 g/mol. The number of nitrogens with one attached hydrogen (secondary N) is 1. The topological polar surface area (TPSA) is 92.7 Å². The molecule has 134 valence electrons. The molecule has 1 heterocycles. The van der Waals surface area contributed by atoms with Crippen LogP contribution in [0, 0.1) is 0 Å². The van der Waals surface area contributed by atoms with Gasteiger partial charge in [0.2, 0.25) is 0 Å². The van der Waals surface area contributed by atoms with Crippen LogP contribution < -0.4 is 10.1 Å². The van der Waals surface area contributed by atoms with Crippen molar-refractivity contribution in [1.82, 2.24) is 5.32 Å². The van der Waals surface area contributed by atoms with Gasteiger partial charge in [0.1, 0.15) is 5.75 Å². The number of halogens is 1. The molecular formula is C18H14BrNO5S. The Morgan fingerprint density at radius 2 is 2.00 bits per heavy atom. The van der Waals surface area contributed by atoms with E-state index in [0.717, 1.165) is 28.1 Å². The molecule has 8 heteroatoms. The quantitative estimate of drug-likeness (QED) is 0.522. The van der Waals surface area contributed by atoms with E-state index in [0.29, 0.717) is 21.5 Å². The second kappa shape index (κ2) is 7.92. The van der Waals surface area contributed by atoms with Crippen molar-refractivity contribution < 1.29 is 24.2 Å². The highest BCUT2D eigenvalue weighted by atomic mass is 79.9. The van der Waals surface area contributed by atoms with E-state index in [-0.39, 0.29) is 18.3 Å². The summed E-state index contributed by atoms with van der Waals surface area (Å²) in [7, 11) is 0. The van der Waals surface area contributed by atoms with Crippen molar-refractivity contribution in [3.05, 3.63) is 45.3 Å². The number of carbonyl (C=O) groups excluding carboxylic acids is 2. The summed E-state index contributed by atoms with van der Waals surface area (Å²) in [6.07, 6.45) is 2.12. The molecule has 1 saturated heterocycles. The summed E-state index contributed by atoms with van der Waals surface area (Å²) in [6.45, 7) is 0.280. The van der Waals surface area contributed by atoms with E-state index in [4.69, 9.17) is 9.84 Å². The number of benzene rings is 2. The standard InChI is InChI=1S/C18H14BrNO5S/c19-13-8-10(9-14-17(23)20-18(24)26-14)11-4-1-2-5-12(11)16(13)25-7-3-6-15(21)22/h1-2,4-5,8-9H,3,6-7H2,(H,21,22)(H,20,23,24)/b14-9-. The Kier molecular flexibility index (Phi) is 5.63. The molecule has 0 unspecified atom stereocenters. The molecule has 26 heavy (non-hydrogen) atoms. The first-order chi connectivity index (χ1) is 12.5. The molecule has 0 radical (unpaired) electrons. The molecule has 6 nitrogen and oxygen atoms in total. The number of hydrogen-bond donors (Lipinski definition) is 2. The fourth-order valence-corrected chi connectivity index (χ4v) is 3.82. The van der Waals surface area contributed by atoms with Crippen LogP contribution in [0.25, 0.3) is 16.8 Å². The molecule has 2 aromatic carbocycles. The number of imide groups is 1. The number of rotatable bonds is 6. The third-order valence-corrected chi connectivity index (χ3v) is 5.09. The van der Waals surface area contributed by atoms with Gasteiger partial charge in [-0.2, -0.15) is 0 Å². The predicted molar refractivity (Wildman–Crippen MR) is 103 cm³/mol. The number of carbonyl (C=O) groups is 3. The van der Waals surface area contributed by atoms with E-state index < -0.39 is 11.9 Å². The molecule has 2 aromatic rings. The summed E-state index contributed by atoms with van der Waals surface area (Å²) in [5.74, 6) is -0.650. The average Bonchev–Trinajstić information content (AvgIpc) is 2.91. The van der Waals surface area contributed by atoms with Gasteiger partial charge >= 0.3 is 5.97 Å². The van der Waals surface area contributed by atoms with Crippen molar-refractivity contribution >= 4 is 61.7 Å². The van der Waals surface area contributed by atoms with Gasteiger partial charge < -0.3 is 9.84 Å². The van der Waals surface area contributed by atoms with Crippen LogP contribution in [0.2, 0.25) is 0 Å². The average molecular weight is 436 g/mol. The molecule has 0 aromatic heterocycles. The number of aliphatic carboxylic acids is 1. The fraction of sp³-hybridized carbons (Fsp3) is 0.167. The second-order valence-electron chi connectivity index (χ2n) is 5.52. The van der Waals surface area contributed by atoms with Gasteiger partial charge in [-0.15, -0.1) is 0 Å². The number of amides is 2. The van der Waals surface area contributed by atoms with Crippen molar-refractivity contribution in [2.75, 3.05) is 6.61 Å². The van der Waals surface area contributed by atoms with Crippen LogP contribution in [0.3, 0.4) is 0 Å². The van der Waals surface area contributed by atoms with E-state index in [9.17, 15) is 14.4 Å². The zero-order chi connectivity index (χ0) is 18.7. The Hall–Kier alpha value is -2.32. The first-order valence-electron chi connectivity index (χ1n) is 7.76. The van der Waals surface area contributed by atoms with Gasteiger partial charge in [-0.25, -0.2) is 0 Å². The first-order valence-corrected chi connectivity index (χ1v) is 9.37. The molecule has 0 atom stereocenters. The van der Waals surface area contributed by atoms with E-state index in [1.165, 1.54) is 0 Å². The summed E-state index contributed by atoms with van der Waals surface area (Å²) in [5, 5.41) is 12.3. The van der Waals surface area contributed by atoms with Crippen LogP contribution in [0.1, 0.15) is 18.4 Å². The summed E-state index contributed by atoms with van der Waals surface area (Å²) in [5.41, 5.74) is 0.776. The van der Waals surface area contributed by atoms with Crippen LogP contribution >= 0.6 is 27.7 Å². The number of carboxylic acid groups (broad SMARTS) is 1.